The number of hydrogen-bond donors (Lipinski definition) is 1. The van der Waals surface area contributed by atoms with Crippen molar-refractivity contribution in [1.82, 2.24) is 15.1 Å². The molecule has 24 heavy (non-hydrogen) atoms. The van der Waals surface area contributed by atoms with Crippen molar-refractivity contribution < 1.29 is 9.53 Å². The lowest BCUT2D eigenvalue weighted by Gasteiger charge is -2.32. The number of hydrogen-bond acceptors (Lipinski definition) is 4. The lowest BCUT2D eigenvalue weighted by atomic mass is 10.2. The van der Waals surface area contributed by atoms with Crippen molar-refractivity contribution in [2.24, 2.45) is 0 Å². The van der Waals surface area contributed by atoms with Crippen LogP contribution in [0.3, 0.4) is 0 Å². The highest BCUT2D eigenvalue weighted by molar-refractivity contribution is 6.30. The minimum atomic E-state index is -0.520. The molecule has 6 heteroatoms. The van der Waals surface area contributed by atoms with Crippen molar-refractivity contribution in [2.45, 2.75) is 26.4 Å². The molecular formula is C18H28ClN3O2. The van der Waals surface area contributed by atoms with E-state index in [9.17, 15) is 4.79 Å². The van der Waals surface area contributed by atoms with Gasteiger partial charge in [-0.2, -0.15) is 0 Å². The summed E-state index contributed by atoms with van der Waals surface area (Å²) in [5, 5.41) is 3.62. The zero-order chi connectivity index (χ0) is 17.5. The number of amides is 1. The molecular weight excluding hydrogens is 326 g/mol. The van der Waals surface area contributed by atoms with E-state index in [0.29, 0.717) is 17.3 Å². The molecule has 1 atom stereocenters. The fourth-order valence-corrected chi connectivity index (χ4v) is 2.95. The molecule has 1 amide bonds. The zero-order valence-electron chi connectivity index (χ0n) is 14.8. The Kier molecular flexibility index (Phi) is 7.34. The first kappa shape index (κ1) is 19.0. The Bertz CT molecular complexity index is 545. The molecule has 1 heterocycles. The van der Waals surface area contributed by atoms with Crippen LogP contribution in [0.4, 0.5) is 0 Å². The van der Waals surface area contributed by atoms with Crippen molar-refractivity contribution in [2.75, 3.05) is 46.3 Å². The number of aryl methyl sites for hydroxylation is 1. The van der Waals surface area contributed by atoms with Crippen LogP contribution in [0.15, 0.2) is 18.2 Å². The predicted molar refractivity (Wildman–Crippen MR) is 97.8 cm³/mol. The van der Waals surface area contributed by atoms with Gasteiger partial charge in [0.25, 0.3) is 5.91 Å². The Morgan fingerprint density at radius 1 is 1.33 bits per heavy atom. The number of carbonyl (C=O) groups is 1. The molecule has 1 aromatic rings. The van der Waals surface area contributed by atoms with Gasteiger partial charge < -0.3 is 19.9 Å². The smallest absolute Gasteiger partial charge is 0.260 e. The molecule has 1 fully saturated rings. The van der Waals surface area contributed by atoms with E-state index in [1.54, 1.807) is 19.1 Å². The number of ether oxygens (including phenoxy) is 1. The molecule has 2 rings (SSSR count). The molecule has 0 aromatic heterocycles. The molecule has 1 aromatic carbocycles. The van der Waals surface area contributed by atoms with Crippen molar-refractivity contribution in [3.05, 3.63) is 28.8 Å². The standard InChI is InChI=1S/C18H28ClN3O2/c1-14-13-16(19)5-6-17(14)24-15(2)18(23)20-7-4-8-22-11-9-21(3)10-12-22/h5-6,13,15H,4,7-12H2,1-3H3,(H,20,23). The summed E-state index contributed by atoms with van der Waals surface area (Å²) in [6.07, 6.45) is 0.441. The van der Waals surface area contributed by atoms with Crippen LogP contribution in [0, 0.1) is 6.92 Å². The first-order valence-corrected chi connectivity index (χ1v) is 8.95. The van der Waals surface area contributed by atoms with E-state index in [0.717, 1.165) is 44.7 Å². The summed E-state index contributed by atoms with van der Waals surface area (Å²) in [6, 6.07) is 5.40. The van der Waals surface area contributed by atoms with Gasteiger partial charge in [0.1, 0.15) is 5.75 Å². The molecule has 1 unspecified atom stereocenters. The molecule has 0 spiro atoms. The summed E-state index contributed by atoms with van der Waals surface area (Å²) < 4.78 is 5.73. The fraction of sp³-hybridized carbons (Fsp3) is 0.611. The van der Waals surface area contributed by atoms with Gasteiger partial charge in [-0.3, -0.25) is 4.79 Å². The average molecular weight is 354 g/mol. The first-order valence-electron chi connectivity index (χ1n) is 8.57. The van der Waals surface area contributed by atoms with Crippen LogP contribution in [0.2, 0.25) is 5.02 Å². The summed E-state index contributed by atoms with van der Waals surface area (Å²) in [5.41, 5.74) is 0.928. The van der Waals surface area contributed by atoms with E-state index in [1.807, 2.05) is 13.0 Å². The van der Waals surface area contributed by atoms with Crippen LogP contribution >= 0.6 is 11.6 Å². The quantitative estimate of drug-likeness (QED) is 0.763. The van der Waals surface area contributed by atoms with E-state index < -0.39 is 6.10 Å². The van der Waals surface area contributed by atoms with Crippen LogP contribution in [0.1, 0.15) is 18.9 Å². The number of benzene rings is 1. The minimum absolute atomic E-state index is 0.0808. The fourth-order valence-electron chi connectivity index (χ4n) is 2.72. The highest BCUT2D eigenvalue weighted by atomic mass is 35.5. The highest BCUT2D eigenvalue weighted by Gasteiger charge is 2.16. The molecule has 1 aliphatic heterocycles. The van der Waals surface area contributed by atoms with E-state index in [2.05, 4.69) is 22.2 Å². The normalized spacial score (nSPS) is 17.5. The third kappa shape index (κ3) is 5.96. The molecule has 5 nitrogen and oxygen atoms in total. The van der Waals surface area contributed by atoms with Gasteiger partial charge in [-0.15, -0.1) is 0 Å². The summed E-state index contributed by atoms with van der Waals surface area (Å²) in [7, 11) is 2.15. The van der Waals surface area contributed by atoms with Gasteiger partial charge in [-0.05, 0) is 57.6 Å². The third-order valence-corrected chi connectivity index (χ3v) is 4.59. The number of nitrogens with zero attached hydrogens (tertiary/aromatic N) is 2. The topological polar surface area (TPSA) is 44.8 Å². The second-order valence-corrected chi connectivity index (χ2v) is 6.90. The van der Waals surface area contributed by atoms with Gasteiger partial charge in [0.15, 0.2) is 6.10 Å². The number of rotatable bonds is 7. The van der Waals surface area contributed by atoms with Gasteiger partial charge >= 0.3 is 0 Å². The maximum absolute atomic E-state index is 12.1. The highest BCUT2D eigenvalue weighted by Crippen LogP contribution is 2.22. The van der Waals surface area contributed by atoms with Crippen LogP contribution in [-0.4, -0.2) is 68.1 Å². The van der Waals surface area contributed by atoms with E-state index in [4.69, 9.17) is 16.3 Å². The maximum atomic E-state index is 12.1. The van der Waals surface area contributed by atoms with Crippen LogP contribution in [0.25, 0.3) is 0 Å². The monoisotopic (exact) mass is 353 g/mol. The molecule has 0 aliphatic carbocycles. The first-order chi connectivity index (χ1) is 11.5. The summed E-state index contributed by atoms with van der Waals surface area (Å²) in [6.45, 7) is 9.86. The number of likely N-dealkylation sites (N-methyl/N-ethyl adjacent to an activating group) is 1. The van der Waals surface area contributed by atoms with Crippen molar-refractivity contribution in [1.29, 1.82) is 0 Å². The van der Waals surface area contributed by atoms with Crippen LogP contribution in [-0.2, 0) is 4.79 Å². The molecule has 0 bridgehead atoms. The molecule has 0 saturated carbocycles. The molecule has 134 valence electrons. The van der Waals surface area contributed by atoms with E-state index in [-0.39, 0.29) is 5.91 Å². The second kappa shape index (κ2) is 9.25. The lowest BCUT2D eigenvalue weighted by Crippen LogP contribution is -2.45. The molecule has 0 radical (unpaired) electrons. The van der Waals surface area contributed by atoms with Crippen molar-refractivity contribution >= 4 is 17.5 Å². The average Bonchev–Trinajstić information content (AvgIpc) is 2.55. The van der Waals surface area contributed by atoms with Crippen LogP contribution < -0.4 is 10.1 Å². The molecule has 1 N–H and O–H groups in total. The molecule has 1 saturated heterocycles. The molecule has 1 aliphatic rings. The predicted octanol–water partition coefficient (Wildman–Crippen LogP) is 2.17. The Labute approximate surface area is 149 Å². The summed E-state index contributed by atoms with van der Waals surface area (Å²) in [5.74, 6) is 0.613. The zero-order valence-corrected chi connectivity index (χ0v) is 15.6. The number of halogens is 1. The van der Waals surface area contributed by atoms with E-state index >= 15 is 0 Å². The number of piperazine rings is 1. The Morgan fingerprint density at radius 3 is 2.71 bits per heavy atom. The summed E-state index contributed by atoms with van der Waals surface area (Å²) in [4.78, 5) is 16.9. The van der Waals surface area contributed by atoms with Crippen molar-refractivity contribution in [3.63, 3.8) is 0 Å². The van der Waals surface area contributed by atoms with Crippen LogP contribution in [0.5, 0.6) is 5.75 Å². The van der Waals surface area contributed by atoms with E-state index in [1.165, 1.54) is 0 Å². The van der Waals surface area contributed by atoms with Crippen molar-refractivity contribution in [3.8, 4) is 5.75 Å². The van der Waals surface area contributed by atoms with Gasteiger partial charge in [0, 0.05) is 37.7 Å². The Hall–Kier alpha value is -1.30. The number of carbonyl (C=O) groups excluding carboxylic acids is 1. The van der Waals surface area contributed by atoms with Gasteiger partial charge in [-0.1, -0.05) is 11.6 Å². The number of nitrogens with one attached hydrogen (secondary N) is 1. The third-order valence-electron chi connectivity index (χ3n) is 4.36. The van der Waals surface area contributed by atoms with Gasteiger partial charge in [0.05, 0.1) is 0 Å². The maximum Gasteiger partial charge on any atom is 0.260 e. The Morgan fingerprint density at radius 2 is 2.04 bits per heavy atom. The lowest BCUT2D eigenvalue weighted by molar-refractivity contribution is -0.127. The minimum Gasteiger partial charge on any atom is -0.481 e. The largest absolute Gasteiger partial charge is 0.481 e. The van der Waals surface area contributed by atoms with Gasteiger partial charge in [0.2, 0.25) is 0 Å². The Balaban J connectivity index is 1.66. The summed E-state index contributed by atoms with van der Waals surface area (Å²) >= 11 is 5.93. The van der Waals surface area contributed by atoms with Gasteiger partial charge in [-0.25, -0.2) is 0 Å². The SMILES string of the molecule is Cc1cc(Cl)ccc1OC(C)C(=O)NCCCN1CCN(C)CC1. The second-order valence-electron chi connectivity index (χ2n) is 6.46.